The molecule has 220 valence electrons. The maximum atomic E-state index is 14.5. The lowest BCUT2D eigenvalue weighted by atomic mass is 9.69. The number of carbonyl (C=O) groups excluding carboxylic acids is 1. The molecule has 0 aromatic heterocycles. The molecule has 6 nitrogen and oxygen atoms in total. The van der Waals surface area contributed by atoms with E-state index in [4.69, 9.17) is 9.16 Å². The molecule has 4 saturated carbocycles. The van der Waals surface area contributed by atoms with Crippen molar-refractivity contribution >= 4 is 24.3 Å². The molecule has 0 heterocycles. The summed E-state index contributed by atoms with van der Waals surface area (Å²) < 4.78 is 43.4. The van der Waals surface area contributed by atoms with Crippen LogP contribution in [0.4, 0.5) is 0 Å². The molecule has 4 rings (SSSR count). The van der Waals surface area contributed by atoms with Crippen molar-refractivity contribution in [2.75, 3.05) is 12.4 Å². The number of hydrogen-bond acceptors (Lipinski definition) is 5. The summed E-state index contributed by atoms with van der Waals surface area (Å²) in [5.41, 5.74) is -0.721. The van der Waals surface area contributed by atoms with Crippen LogP contribution in [-0.2, 0) is 24.0 Å². The number of hydrogen-bond donors (Lipinski definition) is 0. The molecule has 0 spiro atoms. The fourth-order valence-corrected chi connectivity index (χ4v) is 11.7. The summed E-state index contributed by atoms with van der Waals surface area (Å²) >= 11 is 0. The Morgan fingerprint density at radius 1 is 0.921 bits per heavy atom. The van der Waals surface area contributed by atoms with Gasteiger partial charge in [0.15, 0.2) is 8.32 Å². The second kappa shape index (κ2) is 11.1. The van der Waals surface area contributed by atoms with Gasteiger partial charge in [-0.3, -0.25) is 0 Å². The van der Waals surface area contributed by atoms with Crippen molar-refractivity contribution in [2.24, 2.45) is 16.7 Å². The molecule has 0 amide bonds. The first-order valence-corrected chi connectivity index (χ1v) is 20.0. The third-order valence-electron chi connectivity index (χ3n) is 11.6. The van der Waals surface area contributed by atoms with E-state index in [0.29, 0.717) is 5.92 Å². The summed E-state index contributed by atoms with van der Waals surface area (Å²) in [6.07, 6.45) is 13.1. The van der Waals surface area contributed by atoms with E-state index in [9.17, 15) is 13.2 Å². The zero-order valence-electron chi connectivity index (χ0n) is 25.3. The molecule has 4 aliphatic carbocycles. The normalized spacial score (nSPS) is 31.2. The highest BCUT2D eigenvalue weighted by molar-refractivity contribution is 7.89. The van der Waals surface area contributed by atoms with Crippen molar-refractivity contribution in [3.05, 3.63) is 0 Å². The molecule has 38 heavy (non-hydrogen) atoms. The molecular weight excluding hydrogens is 514 g/mol. The molecule has 4 fully saturated rings. The van der Waals surface area contributed by atoms with Crippen molar-refractivity contribution in [3.63, 3.8) is 0 Å². The average molecular weight is 570 g/mol. The maximum Gasteiger partial charge on any atom is 0.331 e. The first kappa shape index (κ1) is 30.5. The first-order valence-electron chi connectivity index (χ1n) is 15.5. The van der Waals surface area contributed by atoms with Crippen LogP contribution in [0.1, 0.15) is 118 Å². The van der Waals surface area contributed by atoms with Gasteiger partial charge in [0.1, 0.15) is 12.7 Å². The number of fused-ring (bicyclic) bond motifs is 2. The van der Waals surface area contributed by atoms with Crippen molar-refractivity contribution in [1.82, 2.24) is 4.31 Å². The molecule has 0 radical (unpaired) electrons. The zero-order valence-corrected chi connectivity index (χ0v) is 27.1. The lowest BCUT2D eigenvalue weighted by molar-refractivity contribution is -0.159. The molecule has 3 atom stereocenters. The molecule has 0 aliphatic heterocycles. The average Bonchev–Trinajstić information content (AvgIpc) is 3.18. The van der Waals surface area contributed by atoms with Crippen LogP contribution in [0.25, 0.3) is 0 Å². The number of esters is 1. The quantitative estimate of drug-likeness (QED) is 0.220. The number of ether oxygens (including phenoxy) is 1. The van der Waals surface area contributed by atoms with E-state index >= 15 is 0 Å². The van der Waals surface area contributed by atoms with Crippen LogP contribution in [-0.4, -0.2) is 57.6 Å². The van der Waals surface area contributed by atoms with Gasteiger partial charge in [-0.05, 0) is 74.4 Å². The highest BCUT2D eigenvalue weighted by atomic mass is 32.2. The van der Waals surface area contributed by atoms with E-state index in [1.807, 2.05) is 4.31 Å². The van der Waals surface area contributed by atoms with Crippen LogP contribution >= 0.6 is 0 Å². The Kier molecular flexibility index (Phi) is 8.91. The Labute approximate surface area is 234 Å². The third-order valence-corrected chi connectivity index (χ3v) is 18.2. The highest BCUT2D eigenvalue weighted by Gasteiger charge is 2.67. The molecule has 8 heteroatoms. The minimum atomic E-state index is -3.53. The lowest BCUT2D eigenvalue weighted by Crippen LogP contribution is -2.54. The monoisotopic (exact) mass is 569 g/mol. The summed E-state index contributed by atoms with van der Waals surface area (Å²) in [5, 5.41) is 0.0126. The zero-order chi connectivity index (χ0) is 28.0. The topological polar surface area (TPSA) is 72.9 Å². The van der Waals surface area contributed by atoms with E-state index in [2.05, 4.69) is 47.7 Å². The lowest BCUT2D eigenvalue weighted by Gasteiger charge is -2.46. The minimum Gasteiger partial charge on any atom is -0.460 e. The van der Waals surface area contributed by atoms with Crippen LogP contribution in [0.5, 0.6) is 0 Å². The van der Waals surface area contributed by atoms with Crippen molar-refractivity contribution in [1.29, 1.82) is 0 Å². The first-order chi connectivity index (χ1) is 17.6. The van der Waals surface area contributed by atoms with Gasteiger partial charge in [0.05, 0.1) is 5.75 Å². The molecule has 4 aliphatic rings. The van der Waals surface area contributed by atoms with Crippen LogP contribution in [0, 0.1) is 16.7 Å². The molecule has 2 bridgehead atoms. The van der Waals surface area contributed by atoms with Gasteiger partial charge in [-0.2, -0.15) is 4.31 Å². The van der Waals surface area contributed by atoms with Crippen molar-refractivity contribution in [3.8, 4) is 0 Å². The number of nitrogens with zero attached hydrogens (tertiary/aromatic N) is 1. The predicted molar refractivity (Wildman–Crippen MR) is 156 cm³/mol. The smallest absolute Gasteiger partial charge is 0.331 e. The van der Waals surface area contributed by atoms with Crippen LogP contribution in [0.3, 0.4) is 0 Å². The molecular formula is C30H55NO5SSi. The van der Waals surface area contributed by atoms with E-state index in [0.717, 1.165) is 70.6 Å². The van der Waals surface area contributed by atoms with Gasteiger partial charge >= 0.3 is 5.97 Å². The van der Waals surface area contributed by atoms with E-state index < -0.39 is 23.8 Å². The van der Waals surface area contributed by atoms with Gasteiger partial charge in [-0.15, -0.1) is 0 Å². The second-order valence-electron chi connectivity index (χ2n) is 15.0. The van der Waals surface area contributed by atoms with Gasteiger partial charge in [0.25, 0.3) is 0 Å². The van der Waals surface area contributed by atoms with E-state index in [1.54, 1.807) is 0 Å². The number of carbonyl (C=O) groups is 1. The fraction of sp³-hybridized carbons (Fsp3) is 0.967. The van der Waals surface area contributed by atoms with Crippen molar-refractivity contribution in [2.45, 2.75) is 154 Å². The van der Waals surface area contributed by atoms with E-state index in [1.165, 1.54) is 12.8 Å². The van der Waals surface area contributed by atoms with Gasteiger partial charge in [-0.1, -0.05) is 73.1 Å². The highest BCUT2D eigenvalue weighted by Crippen LogP contribution is 2.67. The predicted octanol–water partition coefficient (Wildman–Crippen LogP) is 7.04. The maximum absolute atomic E-state index is 14.5. The standard InChI is InChI=1S/C30H55NO5SSi/c1-28(2,3)38(6,7)35-21-27(32)36-26-20-23-18-19-30(26,29(23,4)5)22-37(33,34)31(24-14-10-8-11-15-24)25-16-12-9-13-17-25/h23-26H,8-22H2,1-7H3/t23-,26-,30-/m1/s1. The molecule has 0 aromatic rings. The Hall–Kier alpha value is -0.443. The van der Waals surface area contributed by atoms with Crippen LogP contribution < -0.4 is 0 Å². The molecule has 0 saturated heterocycles. The minimum absolute atomic E-state index is 0.0126. The summed E-state index contributed by atoms with van der Waals surface area (Å²) in [6, 6.07) is 0.267. The summed E-state index contributed by atoms with van der Waals surface area (Å²) in [6.45, 7) is 15.2. The summed E-state index contributed by atoms with van der Waals surface area (Å²) in [7, 11) is -5.61. The van der Waals surface area contributed by atoms with Crippen LogP contribution in [0.2, 0.25) is 18.1 Å². The van der Waals surface area contributed by atoms with E-state index in [-0.39, 0.29) is 47.0 Å². The summed E-state index contributed by atoms with van der Waals surface area (Å²) in [4.78, 5) is 13.1. The SMILES string of the molecule is CC1(C)[C@@H]2CC[C@@]1(CS(=O)(=O)N(C1CCCCC1)C1CCCCC1)[C@H](OC(=O)CO[Si](C)(C)C(C)(C)C)C2. The largest absolute Gasteiger partial charge is 0.460 e. The van der Waals surface area contributed by atoms with Crippen LogP contribution in [0.15, 0.2) is 0 Å². The Morgan fingerprint density at radius 3 is 1.92 bits per heavy atom. The Morgan fingerprint density at radius 2 is 1.45 bits per heavy atom. The van der Waals surface area contributed by atoms with Crippen molar-refractivity contribution < 1.29 is 22.4 Å². The van der Waals surface area contributed by atoms with Gasteiger partial charge in [0, 0.05) is 17.5 Å². The fourth-order valence-electron chi connectivity index (χ4n) is 7.98. The van der Waals surface area contributed by atoms with Gasteiger partial charge in [-0.25, -0.2) is 13.2 Å². The third kappa shape index (κ3) is 5.80. The number of sulfonamides is 1. The molecule has 0 unspecified atom stereocenters. The van der Waals surface area contributed by atoms with Gasteiger partial charge < -0.3 is 9.16 Å². The Bertz CT molecular complexity index is 928. The summed E-state index contributed by atoms with van der Waals surface area (Å²) in [5.74, 6) is 0.156. The second-order valence-corrected chi connectivity index (χ2v) is 21.7. The number of rotatable bonds is 9. The Balaban J connectivity index is 1.55. The van der Waals surface area contributed by atoms with Gasteiger partial charge in [0.2, 0.25) is 10.0 Å². The molecule has 0 N–H and O–H groups in total. The molecule has 0 aromatic carbocycles.